The van der Waals surface area contributed by atoms with Crippen LogP contribution in [-0.4, -0.2) is 45.4 Å². The first-order valence-electron chi connectivity index (χ1n) is 8.61. The van der Waals surface area contributed by atoms with Gasteiger partial charge in [0.2, 0.25) is 10.0 Å². The number of nitrogens with zero attached hydrogens (tertiary/aromatic N) is 1. The molecule has 0 bridgehead atoms. The average Bonchev–Trinajstić information content (AvgIpc) is 2.57. The number of hydrogen-bond acceptors (Lipinski definition) is 2. The Kier molecular flexibility index (Phi) is 5.19. The largest absolute Gasteiger partial charge is 0.333 e. The molecular weight excluding hydrogens is 308 g/mol. The zero-order valence-electron chi connectivity index (χ0n) is 13.9. The van der Waals surface area contributed by atoms with Gasteiger partial charge in [-0.3, -0.25) is 0 Å². The smallest absolute Gasteiger partial charge is 0.243 e. The maximum Gasteiger partial charge on any atom is 0.243 e. The lowest BCUT2D eigenvalue weighted by Crippen LogP contribution is -3.15. The fourth-order valence-electron chi connectivity index (χ4n) is 3.56. The van der Waals surface area contributed by atoms with Crippen molar-refractivity contribution in [2.45, 2.75) is 31.1 Å². The molecule has 3 rings (SSSR count). The van der Waals surface area contributed by atoms with Gasteiger partial charge >= 0.3 is 0 Å². The molecule has 1 aliphatic heterocycles. The summed E-state index contributed by atoms with van der Waals surface area (Å²) in [5.74, 6) is 0.773. The van der Waals surface area contributed by atoms with Gasteiger partial charge in [0.15, 0.2) is 0 Å². The normalized spacial score (nSPS) is 24.0. The number of benzene rings is 1. The van der Waals surface area contributed by atoms with E-state index in [1.54, 1.807) is 21.3 Å². The van der Waals surface area contributed by atoms with Crippen LogP contribution in [0.3, 0.4) is 0 Å². The molecule has 0 radical (unpaired) electrons. The molecular formula is C18H27N2O2S+. The molecule has 1 N–H and O–H groups in total. The van der Waals surface area contributed by atoms with Gasteiger partial charge in [0.1, 0.15) is 0 Å². The molecule has 126 valence electrons. The molecule has 5 heteroatoms. The van der Waals surface area contributed by atoms with Crippen LogP contribution >= 0.6 is 0 Å². The molecule has 1 unspecified atom stereocenters. The third kappa shape index (κ3) is 4.03. The summed E-state index contributed by atoms with van der Waals surface area (Å²) in [6, 6.07) is 7.17. The summed E-state index contributed by atoms with van der Waals surface area (Å²) in [6.07, 6.45) is 8.25. The second-order valence-corrected chi connectivity index (χ2v) is 8.76. The van der Waals surface area contributed by atoms with Crippen molar-refractivity contribution in [3.63, 3.8) is 0 Å². The molecule has 0 aromatic heterocycles. The van der Waals surface area contributed by atoms with Crippen LogP contribution in [-0.2, 0) is 10.0 Å². The van der Waals surface area contributed by atoms with Crippen molar-refractivity contribution >= 4 is 10.0 Å². The molecule has 0 spiro atoms. The summed E-state index contributed by atoms with van der Waals surface area (Å²) in [5.41, 5.74) is 1.08. The molecule has 1 heterocycles. The van der Waals surface area contributed by atoms with Gasteiger partial charge in [0, 0.05) is 5.92 Å². The van der Waals surface area contributed by atoms with E-state index < -0.39 is 10.0 Å². The highest BCUT2D eigenvalue weighted by atomic mass is 32.2. The average molecular weight is 335 g/mol. The Hall–Kier alpha value is -1.17. The summed E-state index contributed by atoms with van der Waals surface area (Å²) in [4.78, 5) is 1.98. The molecule has 1 atom stereocenters. The van der Waals surface area contributed by atoms with Crippen molar-refractivity contribution < 1.29 is 13.3 Å². The lowest BCUT2D eigenvalue weighted by Gasteiger charge is -2.33. The molecule has 1 fully saturated rings. The molecule has 1 aromatic rings. The molecule has 4 nitrogen and oxygen atoms in total. The number of hydrogen-bond donors (Lipinski definition) is 1. The van der Waals surface area contributed by atoms with Crippen LogP contribution in [0.1, 0.15) is 24.8 Å². The predicted molar refractivity (Wildman–Crippen MR) is 92.0 cm³/mol. The van der Waals surface area contributed by atoms with Crippen LogP contribution in [0.2, 0.25) is 0 Å². The molecule has 1 saturated heterocycles. The third-order valence-corrected chi connectivity index (χ3v) is 6.96. The summed E-state index contributed by atoms with van der Waals surface area (Å²) in [5, 5.41) is 0. The Morgan fingerprint density at radius 2 is 1.83 bits per heavy atom. The number of allylic oxidation sites excluding steroid dienone is 2. The van der Waals surface area contributed by atoms with Gasteiger partial charge in [-0.2, -0.15) is 4.31 Å². The number of piperazine rings is 1. The van der Waals surface area contributed by atoms with Gasteiger partial charge < -0.3 is 4.90 Å². The zero-order chi connectivity index (χ0) is 16.3. The quantitative estimate of drug-likeness (QED) is 0.841. The van der Waals surface area contributed by atoms with E-state index in [9.17, 15) is 8.42 Å². The minimum absolute atomic E-state index is 0.420. The first-order chi connectivity index (χ1) is 11.1. The molecule has 0 saturated carbocycles. The summed E-state index contributed by atoms with van der Waals surface area (Å²) >= 11 is 0. The summed E-state index contributed by atoms with van der Waals surface area (Å²) in [6.45, 7) is 6.26. The van der Waals surface area contributed by atoms with Crippen molar-refractivity contribution in [2.75, 3.05) is 32.7 Å². The van der Waals surface area contributed by atoms with Crippen LogP contribution < -0.4 is 4.90 Å². The molecule has 1 aliphatic carbocycles. The van der Waals surface area contributed by atoms with E-state index in [2.05, 4.69) is 12.2 Å². The number of rotatable bonds is 4. The van der Waals surface area contributed by atoms with E-state index in [1.807, 2.05) is 19.1 Å². The van der Waals surface area contributed by atoms with E-state index >= 15 is 0 Å². The van der Waals surface area contributed by atoms with Crippen LogP contribution in [0.25, 0.3) is 0 Å². The lowest BCUT2D eigenvalue weighted by atomic mass is 9.94. The maximum atomic E-state index is 12.7. The fourth-order valence-corrected chi connectivity index (χ4v) is 5.00. The maximum absolute atomic E-state index is 12.7. The Balaban J connectivity index is 1.57. The van der Waals surface area contributed by atoms with Gasteiger partial charge in [-0.1, -0.05) is 29.8 Å². The Morgan fingerprint density at radius 3 is 2.43 bits per heavy atom. The standard InChI is InChI=1S/C18H26N2O2S/c1-16-7-9-18(10-8-16)23(21,22)20-13-11-19(12-14-20)15-17-5-3-2-4-6-17/h2-3,7-10,17H,4-6,11-15H2,1H3/p+1. The second kappa shape index (κ2) is 7.16. The first-order valence-corrected chi connectivity index (χ1v) is 10.0. The SMILES string of the molecule is Cc1ccc(S(=O)(=O)N2CC[NH+](CC3CC=CCC3)CC2)cc1. The van der Waals surface area contributed by atoms with E-state index in [0.29, 0.717) is 18.0 Å². The van der Waals surface area contributed by atoms with Crippen molar-refractivity contribution in [3.05, 3.63) is 42.0 Å². The van der Waals surface area contributed by atoms with Crippen molar-refractivity contribution in [1.82, 2.24) is 4.31 Å². The zero-order valence-corrected chi connectivity index (χ0v) is 14.7. The number of nitrogens with one attached hydrogen (secondary N) is 1. The Labute approximate surface area is 139 Å². The van der Waals surface area contributed by atoms with Crippen molar-refractivity contribution in [1.29, 1.82) is 0 Å². The van der Waals surface area contributed by atoms with E-state index in [4.69, 9.17) is 0 Å². The van der Waals surface area contributed by atoms with Gasteiger partial charge in [-0.05, 0) is 38.3 Å². The van der Waals surface area contributed by atoms with Crippen LogP contribution in [0, 0.1) is 12.8 Å². The Morgan fingerprint density at radius 1 is 1.13 bits per heavy atom. The van der Waals surface area contributed by atoms with Gasteiger partial charge in [-0.25, -0.2) is 8.42 Å². The number of quaternary nitrogens is 1. The minimum atomic E-state index is -3.33. The summed E-state index contributed by atoms with van der Waals surface area (Å²) in [7, 11) is -3.33. The highest BCUT2D eigenvalue weighted by Crippen LogP contribution is 2.18. The fraction of sp³-hybridized carbons (Fsp3) is 0.556. The highest BCUT2D eigenvalue weighted by molar-refractivity contribution is 7.89. The molecule has 1 aromatic carbocycles. The van der Waals surface area contributed by atoms with Crippen molar-refractivity contribution in [3.8, 4) is 0 Å². The van der Waals surface area contributed by atoms with Gasteiger partial charge in [-0.15, -0.1) is 0 Å². The van der Waals surface area contributed by atoms with Crippen LogP contribution in [0.5, 0.6) is 0 Å². The molecule has 2 aliphatic rings. The minimum Gasteiger partial charge on any atom is -0.333 e. The van der Waals surface area contributed by atoms with Gasteiger partial charge in [0.05, 0.1) is 37.6 Å². The second-order valence-electron chi connectivity index (χ2n) is 6.82. The van der Waals surface area contributed by atoms with Crippen LogP contribution in [0.15, 0.2) is 41.3 Å². The first kappa shape index (κ1) is 16.7. The lowest BCUT2D eigenvalue weighted by molar-refractivity contribution is -0.907. The van der Waals surface area contributed by atoms with Gasteiger partial charge in [0.25, 0.3) is 0 Å². The van der Waals surface area contributed by atoms with Crippen molar-refractivity contribution in [2.24, 2.45) is 5.92 Å². The van der Waals surface area contributed by atoms with E-state index in [0.717, 1.165) is 24.6 Å². The number of sulfonamides is 1. The third-order valence-electron chi connectivity index (χ3n) is 5.04. The monoisotopic (exact) mass is 335 g/mol. The van der Waals surface area contributed by atoms with Crippen LogP contribution in [0.4, 0.5) is 0 Å². The molecule has 23 heavy (non-hydrogen) atoms. The topological polar surface area (TPSA) is 41.8 Å². The molecule has 0 amide bonds. The predicted octanol–water partition coefficient (Wildman–Crippen LogP) is 1.24. The summed E-state index contributed by atoms with van der Waals surface area (Å²) < 4.78 is 27.1. The number of aryl methyl sites for hydroxylation is 1. The Bertz CT molecular complexity index is 644. The highest BCUT2D eigenvalue weighted by Gasteiger charge is 2.31. The van der Waals surface area contributed by atoms with E-state index in [-0.39, 0.29) is 0 Å². The van der Waals surface area contributed by atoms with E-state index in [1.165, 1.54) is 25.8 Å².